The van der Waals surface area contributed by atoms with Crippen molar-refractivity contribution in [3.8, 4) is 27.9 Å². The summed E-state index contributed by atoms with van der Waals surface area (Å²) < 4.78 is 2.52. The van der Waals surface area contributed by atoms with Crippen LogP contribution in [0.15, 0.2) is 212 Å². The molecule has 2 aliphatic rings. The SMILES string of the molecule is C1=C(NC2=C(c3ccccc3)C=C(c3cccc4c5ccccc5n(-c5cc(-c6ccccc6)cc(-c6ccccc6)c5)c34)CC2)C=C(c2ccccc2)CC1. The molecule has 2 aliphatic carbocycles. The molecule has 0 saturated heterocycles. The Morgan fingerprint density at radius 3 is 1.70 bits per heavy atom. The Kier molecular flexibility index (Phi) is 8.85. The highest BCUT2D eigenvalue weighted by atomic mass is 15.0. The fourth-order valence-corrected chi connectivity index (χ4v) is 8.67. The number of nitrogens with zero attached hydrogens (tertiary/aromatic N) is 1. The highest BCUT2D eigenvalue weighted by Crippen LogP contribution is 2.42. The van der Waals surface area contributed by atoms with Crippen LogP contribution >= 0.6 is 0 Å². The Balaban J connectivity index is 1.15. The molecule has 0 saturated carbocycles. The first-order valence-corrected chi connectivity index (χ1v) is 19.8. The molecule has 10 rings (SSSR count). The number of fused-ring (bicyclic) bond motifs is 3. The van der Waals surface area contributed by atoms with Crippen molar-refractivity contribution in [1.82, 2.24) is 9.88 Å². The van der Waals surface area contributed by atoms with Crippen molar-refractivity contribution in [3.05, 3.63) is 228 Å². The molecule has 268 valence electrons. The van der Waals surface area contributed by atoms with Gasteiger partial charge in [-0.05, 0) is 107 Å². The average Bonchev–Trinajstić information content (AvgIpc) is 3.62. The number of para-hydroxylation sites is 2. The van der Waals surface area contributed by atoms with E-state index in [2.05, 4.69) is 210 Å². The van der Waals surface area contributed by atoms with Gasteiger partial charge in [0, 0.05) is 39.0 Å². The molecular formula is C54H42N2. The average molecular weight is 719 g/mol. The van der Waals surface area contributed by atoms with Gasteiger partial charge in [0.25, 0.3) is 0 Å². The van der Waals surface area contributed by atoms with E-state index in [9.17, 15) is 0 Å². The van der Waals surface area contributed by atoms with E-state index in [4.69, 9.17) is 0 Å². The van der Waals surface area contributed by atoms with Crippen molar-refractivity contribution in [2.45, 2.75) is 25.7 Å². The maximum absolute atomic E-state index is 3.93. The second kappa shape index (κ2) is 14.7. The van der Waals surface area contributed by atoms with Crippen LogP contribution in [0.1, 0.15) is 42.4 Å². The number of allylic oxidation sites excluding steroid dienone is 7. The molecule has 0 amide bonds. The fraction of sp³-hybridized carbons (Fsp3) is 0.0741. The summed E-state index contributed by atoms with van der Waals surface area (Å²) in [4.78, 5) is 0. The minimum absolute atomic E-state index is 0.917. The van der Waals surface area contributed by atoms with Crippen LogP contribution in [0, 0.1) is 0 Å². The van der Waals surface area contributed by atoms with Crippen LogP contribution in [-0.2, 0) is 0 Å². The predicted molar refractivity (Wildman–Crippen MR) is 237 cm³/mol. The lowest BCUT2D eigenvalue weighted by molar-refractivity contribution is 0.851. The zero-order valence-electron chi connectivity index (χ0n) is 31.3. The highest BCUT2D eigenvalue weighted by Gasteiger charge is 2.23. The normalized spacial score (nSPS) is 14.4. The summed E-state index contributed by atoms with van der Waals surface area (Å²) in [6.07, 6.45) is 11.1. The van der Waals surface area contributed by atoms with Crippen LogP contribution in [0.25, 0.3) is 66.5 Å². The second-order valence-corrected chi connectivity index (χ2v) is 14.8. The molecule has 1 heterocycles. The lowest BCUT2D eigenvalue weighted by atomic mass is 9.87. The zero-order chi connectivity index (χ0) is 37.3. The quantitative estimate of drug-likeness (QED) is 0.166. The molecule has 7 aromatic carbocycles. The monoisotopic (exact) mass is 718 g/mol. The molecule has 0 aliphatic heterocycles. The molecule has 0 fully saturated rings. The lowest BCUT2D eigenvalue weighted by Crippen LogP contribution is -2.17. The Bertz CT molecular complexity index is 2780. The van der Waals surface area contributed by atoms with E-state index in [1.807, 2.05) is 0 Å². The summed E-state index contributed by atoms with van der Waals surface area (Å²) >= 11 is 0. The molecule has 1 aromatic heterocycles. The van der Waals surface area contributed by atoms with Gasteiger partial charge in [-0.1, -0.05) is 164 Å². The number of benzene rings is 7. The predicted octanol–water partition coefficient (Wildman–Crippen LogP) is 14.1. The van der Waals surface area contributed by atoms with Crippen molar-refractivity contribution in [3.63, 3.8) is 0 Å². The van der Waals surface area contributed by atoms with Gasteiger partial charge in [-0.25, -0.2) is 0 Å². The number of hydrogen-bond donors (Lipinski definition) is 1. The summed E-state index contributed by atoms with van der Waals surface area (Å²) in [6.45, 7) is 0. The van der Waals surface area contributed by atoms with E-state index < -0.39 is 0 Å². The minimum Gasteiger partial charge on any atom is -0.359 e. The van der Waals surface area contributed by atoms with E-state index in [-0.39, 0.29) is 0 Å². The van der Waals surface area contributed by atoms with E-state index in [0.29, 0.717) is 0 Å². The van der Waals surface area contributed by atoms with Gasteiger partial charge in [-0.2, -0.15) is 0 Å². The largest absolute Gasteiger partial charge is 0.359 e. The van der Waals surface area contributed by atoms with E-state index >= 15 is 0 Å². The molecule has 8 aromatic rings. The maximum atomic E-state index is 3.93. The Morgan fingerprint density at radius 1 is 0.429 bits per heavy atom. The van der Waals surface area contributed by atoms with Crippen LogP contribution in [0.3, 0.4) is 0 Å². The smallest absolute Gasteiger partial charge is 0.0616 e. The number of nitrogens with one attached hydrogen (secondary N) is 1. The molecule has 0 radical (unpaired) electrons. The first-order chi connectivity index (χ1) is 27.8. The summed E-state index contributed by atoms with van der Waals surface area (Å²) in [5, 5.41) is 6.46. The van der Waals surface area contributed by atoms with Crippen LogP contribution < -0.4 is 5.32 Å². The summed E-state index contributed by atoms with van der Waals surface area (Å²) in [6, 6.07) is 66.1. The fourth-order valence-electron chi connectivity index (χ4n) is 8.67. The van der Waals surface area contributed by atoms with Gasteiger partial charge >= 0.3 is 0 Å². The first kappa shape index (κ1) is 33.7. The van der Waals surface area contributed by atoms with Gasteiger partial charge in [0.2, 0.25) is 0 Å². The third kappa shape index (κ3) is 6.40. The molecule has 2 nitrogen and oxygen atoms in total. The molecule has 56 heavy (non-hydrogen) atoms. The molecule has 0 atom stereocenters. The molecule has 0 bridgehead atoms. The topological polar surface area (TPSA) is 17.0 Å². The van der Waals surface area contributed by atoms with E-state index in [0.717, 1.165) is 31.4 Å². The highest BCUT2D eigenvalue weighted by molar-refractivity contribution is 6.13. The second-order valence-electron chi connectivity index (χ2n) is 14.8. The van der Waals surface area contributed by atoms with Gasteiger partial charge in [0.15, 0.2) is 0 Å². The zero-order valence-corrected chi connectivity index (χ0v) is 31.3. The third-order valence-electron chi connectivity index (χ3n) is 11.4. The van der Waals surface area contributed by atoms with Gasteiger partial charge in [0.1, 0.15) is 0 Å². The van der Waals surface area contributed by atoms with Crippen LogP contribution in [0.2, 0.25) is 0 Å². The molecule has 0 unspecified atom stereocenters. The van der Waals surface area contributed by atoms with Gasteiger partial charge in [-0.15, -0.1) is 0 Å². The summed E-state index contributed by atoms with van der Waals surface area (Å²) in [5.41, 5.74) is 18.7. The van der Waals surface area contributed by atoms with Gasteiger partial charge < -0.3 is 9.88 Å². The molecule has 1 N–H and O–H groups in total. The molecule has 0 spiro atoms. The van der Waals surface area contributed by atoms with Crippen molar-refractivity contribution in [2.75, 3.05) is 0 Å². The van der Waals surface area contributed by atoms with Crippen LogP contribution in [-0.4, -0.2) is 4.57 Å². The van der Waals surface area contributed by atoms with Crippen molar-refractivity contribution >= 4 is 38.5 Å². The van der Waals surface area contributed by atoms with E-state index in [1.165, 1.54) is 88.9 Å². The minimum atomic E-state index is 0.917. The summed E-state index contributed by atoms with van der Waals surface area (Å²) in [7, 11) is 0. The van der Waals surface area contributed by atoms with E-state index in [1.54, 1.807) is 0 Å². The van der Waals surface area contributed by atoms with Crippen LogP contribution in [0.5, 0.6) is 0 Å². The van der Waals surface area contributed by atoms with Gasteiger partial charge in [0.05, 0.1) is 11.0 Å². The van der Waals surface area contributed by atoms with Gasteiger partial charge in [-0.3, -0.25) is 0 Å². The Hall–Kier alpha value is -6.90. The van der Waals surface area contributed by atoms with Crippen molar-refractivity contribution in [1.29, 1.82) is 0 Å². The molecule has 2 heteroatoms. The number of hydrogen-bond acceptors (Lipinski definition) is 1. The van der Waals surface area contributed by atoms with Crippen molar-refractivity contribution < 1.29 is 0 Å². The summed E-state index contributed by atoms with van der Waals surface area (Å²) in [5.74, 6) is 0. The first-order valence-electron chi connectivity index (χ1n) is 19.8. The maximum Gasteiger partial charge on any atom is 0.0616 e. The Morgan fingerprint density at radius 2 is 1.02 bits per heavy atom. The standard InChI is InChI=1S/C54H42N2/c1-5-17-38(18-6-1)42-25-15-26-46(34-42)55-52-32-31-43(37-51(52)41-23-11-4-12-24-41)48-28-16-29-50-49-27-13-14-30-53(49)56(54(48)50)47-35-44(39-19-7-2-8-20-39)33-45(36-47)40-21-9-3-10-22-40/h1-14,16-24,26-30,33-37,55H,15,25,31-32H2. The molecular weight excluding hydrogens is 677 g/mol. The number of rotatable bonds is 8. The van der Waals surface area contributed by atoms with Crippen LogP contribution in [0.4, 0.5) is 0 Å². The van der Waals surface area contributed by atoms with Crippen molar-refractivity contribution in [2.24, 2.45) is 0 Å². The Labute approximate surface area is 329 Å². The lowest BCUT2D eigenvalue weighted by Gasteiger charge is -2.25. The number of aromatic nitrogens is 1. The third-order valence-corrected chi connectivity index (χ3v) is 11.4.